The molecule has 6 heteroatoms. The second-order valence-electron chi connectivity index (χ2n) is 5.77. The molecule has 0 saturated carbocycles. The van der Waals surface area contributed by atoms with E-state index in [4.69, 9.17) is 4.42 Å². The van der Waals surface area contributed by atoms with Crippen LogP contribution in [0.25, 0.3) is 10.9 Å². The van der Waals surface area contributed by atoms with Gasteiger partial charge in [0.1, 0.15) is 11.5 Å². The van der Waals surface area contributed by atoms with Gasteiger partial charge >= 0.3 is 0 Å². The van der Waals surface area contributed by atoms with Crippen LogP contribution in [0.4, 0.5) is 5.69 Å². The molecule has 0 aliphatic heterocycles. The van der Waals surface area contributed by atoms with E-state index in [-0.39, 0.29) is 5.88 Å². The van der Waals surface area contributed by atoms with Gasteiger partial charge in [-0.3, -0.25) is 4.79 Å². The Labute approximate surface area is 139 Å². The minimum absolute atomic E-state index is 0.00902. The van der Waals surface area contributed by atoms with Gasteiger partial charge in [-0.05, 0) is 45.9 Å². The molecule has 0 spiro atoms. The van der Waals surface area contributed by atoms with E-state index in [0.717, 1.165) is 16.5 Å². The van der Waals surface area contributed by atoms with Crippen molar-refractivity contribution in [3.63, 3.8) is 0 Å². The zero-order valence-electron chi connectivity index (χ0n) is 14.1. The molecular formula is C18H19N3O3. The predicted octanol–water partition coefficient (Wildman–Crippen LogP) is 4.81. The van der Waals surface area contributed by atoms with Crippen LogP contribution in [0.2, 0.25) is 0 Å². The first kappa shape index (κ1) is 16.0. The fourth-order valence-electron chi connectivity index (χ4n) is 2.85. The van der Waals surface area contributed by atoms with Gasteiger partial charge in [0.15, 0.2) is 5.69 Å². The Balaban J connectivity index is 2.06. The molecule has 0 aliphatic carbocycles. The highest BCUT2D eigenvalue weighted by Crippen LogP contribution is 2.39. The number of rotatable bonds is 3. The topological polar surface area (TPSA) is 80.1 Å². The summed E-state index contributed by atoms with van der Waals surface area (Å²) in [6, 6.07) is 7.46. The number of aryl methyl sites for hydroxylation is 4. The molecule has 1 amide bonds. The van der Waals surface area contributed by atoms with Gasteiger partial charge in [-0.2, -0.15) is 0 Å². The fourth-order valence-corrected chi connectivity index (χ4v) is 2.85. The van der Waals surface area contributed by atoms with E-state index in [2.05, 4.69) is 10.2 Å². The minimum Gasteiger partial charge on any atom is -0.493 e. The summed E-state index contributed by atoms with van der Waals surface area (Å²) < 4.78 is 7.08. The number of azo groups is 1. The van der Waals surface area contributed by atoms with E-state index in [1.165, 1.54) is 0 Å². The van der Waals surface area contributed by atoms with Crippen molar-refractivity contribution in [2.24, 2.45) is 10.2 Å². The summed E-state index contributed by atoms with van der Waals surface area (Å²) in [5, 5.41) is 19.0. The highest BCUT2D eigenvalue weighted by atomic mass is 16.3. The van der Waals surface area contributed by atoms with Crippen LogP contribution in [0, 0.1) is 20.8 Å². The number of carbonyl (C=O) groups excluding carboxylic acids is 1. The standard InChI is InChI=1S/C18H19N3O3/c1-5-21-15-7-6-10(2)8-14(15)16(18(21)23)19-20-17(22)13-9-11(3)24-12(13)4/h6-9,23H,5H2,1-4H3. The number of nitrogens with zero attached hydrogens (tertiary/aromatic N) is 3. The average Bonchev–Trinajstić information content (AvgIpc) is 3.00. The van der Waals surface area contributed by atoms with Gasteiger partial charge in [-0.1, -0.05) is 11.6 Å². The van der Waals surface area contributed by atoms with Crippen molar-refractivity contribution in [2.45, 2.75) is 34.2 Å². The van der Waals surface area contributed by atoms with Crippen molar-refractivity contribution in [3.8, 4) is 5.88 Å². The van der Waals surface area contributed by atoms with Crippen LogP contribution in [0.15, 0.2) is 38.9 Å². The molecule has 0 unspecified atom stereocenters. The maximum absolute atomic E-state index is 12.2. The largest absolute Gasteiger partial charge is 0.493 e. The number of hydrogen-bond acceptors (Lipinski definition) is 4. The van der Waals surface area contributed by atoms with Gasteiger partial charge in [0.2, 0.25) is 5.88 Å². The Kier molecular flexibility index (Phi) is 3.97. The monoisotopic (exact) mass is 325 g/mol. The smallest absolute Gasteiger partial charge is 0.298 e. The van der Waals surface area contributed by atoms with E-state index >= 15 is 0 Å². The zero-order chi connectivity index (χ0) is 17.4. The number of aromatic hydroxyl groups is 1. The van der Waals surface area contributed by atoms with Crippen LogP contribution >= 0.6 is 0 Å². The Hall–Kier alpha value is -2.89. The van der Waals surface area contributed by atoms with Gasteiger partial charge < -0.3 is 14.1 Å². The van der Waals surface area contributed by atoms with Gasteiger partial charge in [-0.25, -0.2) is 0 Å². The molecule has 3 aromatic rings. The number of aromatic nitrogens is 1. The number of benzene rings is 1. The molecule has 0 atom stereocenters. The molecule has 3 rings (SSSR count). The van der Waals surface area contributed by atoms with E-state index in [9.17, 15) is 9.90 Å². The third-order valence-corrected chi connectivity index (χ3v) is 3.99. The second-order valence-corrected chi connectivity index (χ2v) is 5.77. The number of amides is 1. The highest BCUT2D eigenvalue weighted by molar-refractivity contribution is 5.98. The third-order valence-electron chi connectivity index (χ3n) is 3.99. The summed E-state index contributed by atoms with van der Waals surface area (Å²) in [4.78, 5) is 12.2. The Morgan fingerprint density at radius 3 is 2.62 bits per heavy atom. The van der Waals surface area contributed by atoms with E-state index in [1.807, 2.05) is 32.0 Å². The zero-order valence-corrected chi connectivity index (χ0v) is 14.1. The molecule has 124 valence electrons. The third kappa shape index (κ3) is 2.60. The lowest BCUT2D eigenvalue weighted by Gasteiger charge is -2.01. The maximum Gasteiger partial charge on any atom is 0.298 e. The summed E-state index contributed by atoms with van der Waals surface area (Å²) in [6.07, 6.45) is 0. The quantitative estimate of drug-likeness (QED) is 0.702. The maximum atomic E-state index is 12.2. The van der Waals surface area contributed by atoms with Crippen molar-refractivity contribution in [1.82, 2.24) is 4.57 Å². The molecule has 24 heavy (non-hydrogen) atoms. The molecule has 0 bridgehead atoms. The molecule has 2 aromatic heterocycles. The lowest BCUT2D eigenvalue weighted by atomic mass is 10.1. The van der Waals surface area contributed by atoms with Crippen molar-refractivity contribution in [3.05, 3.63) is 46.9 Å². The van der Waals surface area contributed by atoms with Crippen molar-refractivity contribution in [2.75, 3.05) is 0 Å². The first-order chi connectivity index (χ1) is 11.4. The minimum atomic E-state index is -0.492. The summed E-state index contributed by atoms with van der Waals surface area (Å²) in [6.45, 7) is 7.96. The lowest BCUT2D eigenvalue weighted by molar-refractivity contribution is 0.0993. The SMILES string of the molecule is CCn1c(O)c(N=NC(=O)c2cc(C)oc2C)c2cc(C)ccc21. The molecule has 2 heterocycles. The second kappa shape index (κ2) is 5.96. The summed E-state index contributed by atoms with van der Waals surface area (Å²) >= 11 is 0. The van der Waals surface area contributed by atoms with Gasteiger partial charge in [0, 0.05) is 11.9 Å². The summed E-state index contributed by atoms with van der Waals surface area (Å²) in [5.74, 6) is 0.670. The first-order valence-electron chi connectivity index (χ1n) is 7.77. The summed E-state index contributed by atoms with van der Waals surface area (Å²) in [7, 11) is 0. The normalized spacial score (nSPS) is 11.7. The van der Waals surface area contributed by atoms with Crippen molar-refractivity contribution >= 4 is 22.5 Å². The molecule has 0 radical (unpaired) electrons. The summed E-state index contributed by atoms with van der Waals surface area (Å²) in [5.41, 5.74) is 2.59. The Morgan fingerprint density at radius 1 is 1.25 bits per heavy atom. The van der Waals surface area contributed by atoms with Crippen LogP contribution in [-0.4, -0.2) is 15.6 Å². The van der Waals surface area contributed by atoms with Crippen molar-refractivity contribution in [1.29, 1.82) is 0 Å². The van der Waals surface area contributed by atoms with Gasteiger partial charge in [0.25, 0.3) is 5.91 Å². The number of carbonyl (C=O) groups is 1. The van der Waals surface area contributed by atoms with Crippen molar-refractivity contribution < 1.29 is 14.3 Å². The fraction of sp³-hybridized carbons (Fsp3) is 0.278. The van der Waals surface area contributed by atoms with Crippen LogP contribution in [0.1, 0.15) is 34.4 Å². The van der Waals surface area contributed by atoms with Crippen LogP contribution in [0.5, 0.6) is 5.88 Å². The molecule has 0 fully saturated rings. The molecule has 6 nitrogen and oxygen atoms in total. The molecule has 1 N–H and O–H groups in total. The average molecular weight is 325 g/mol. The Bertz CT molecular complexity index is 964. The molecule has 1 aromatic carbocycles. The highest BCUT2D eigenvalue weighted by Gasteiger charge is 2.17. The van der Waals surface area contributed by atoms with Gasteiger partial charge in [0.05, 0.1) is 11.1 Å². The van der Waals surface area contributed by atoms with E-state index in [1.54, 1.807) is 24.5 Å². The van der Waals surface area contributed by atoms with Crippen LogP contribution in [-0.2, 0) is 6.54 Å². The predicted molar refractivity (Wildman–Crippen MR) is 91.0 cm³/mol. The Morgan fingerprint density at radius 2 is 2.00 bits per heavy atom. The number of fused-ring (bicyclic) bond motifs is 1. The first-order valence-corrected chi connectivity index (χ1v) is 7.77. The van der Waals surface area contributed by atoms with Gasteiger partial charge in [-0.15, -0.1) is 10.2 Å². The lowest BCUT2D eigenvalue weighted by Crippen LogP contribution is -1.93. The van der Waals surface area contributed by atoms with E-state index < -0.39 is 5.91 Å². The van der Waals surface area contributed by atoms with Crippen LogP contribution < -0.4 is 0 Å². The van der Waals surface area contributed by atoms with Crippen LogP contribution in [0.3, 0.4) is 0 Å². The molecule has 0 aliphatic rings. The number of furan rings is 1. The van der Waals surface area contributed by atoms with E-state index in [0.29, 0.717) is 29.3 Å². The molecule has 0 saturated heterocycles. The number of hydrogen-bond donors (Lipinski definition) is 1. The molecular weight excluding hydrogens is 306 g/mol.